The van der Waals surface area contributed by atoms with Gasteiger partial charge in [0.05, 0.1) is 12.1 Å². The van der Waals surface area contributed by atoms with Gasteiger partial charge in [0.2, 0.25) is 5.91 Å². The number of carbonyl (C=O) groups excluding carboxylic acids is 1. The van der Waals surface area contributed by atoms with Crippen molar-refractivity contribution in [3.63, 3.8) is 0 Å². The summed E-state index contributed by atoms with van der Waals surface area (Å²) in [5, 5.41) is 7.30. The first-order valence-electron chi connectivity index (χ1n) is 10.5. The smallest absolute Gasteiger partial charge is 0.254 e. The van der Waals surface area contributed by atoms with Crippen molar-refractivity contribution < 1.29 is 9.53 Å². The second-order valence-corrected chi connectivity index (χ2v) is 8.65. The molecule has 156 valence electrons. The van der Waals surface area contributed by atoms with E-state index in [1.54, 1.807) is 4.57 Å². The molecule has 1 saturated heterocycles. The number of rotatable bonds is 3. The maximum absolute atomic E-state index is 13.1. The summed E-state index contributed by atoms with van der Waals surface area (Å²) in [5.74, 6) is 0.489. The number of fused-ring (bicyclic) bond motifs is 1. The fraction of sp³-hybridized carbons (Fsp3) is 0.591. The third-order valence-electron chi connectivity index (χ3n) is 6.48. The van der Waals surface area contributed by atoms with Gasteiger partial charge in [-0.3, -0.25) is 19.9 Å². The van der Waals surface area contributed by atoms with Crippen LogP contribution in [-0.4, -0.2) is 40.4 Å². The number of carbonyl (C=O) groups is 1. The van der Waals surface area contributed by atoms with Crippen LogP contribution >= 0.6 is 0 Å². The van der Waals surface area contributed by atoms with E-state index >= 15 is 0 Å². The highest BCUT2D eigenvalue weighted by atomic mass is 16.5. The van der Waals surface area contributed by atoms with E-state index in [9.17, 15) is 9.59 Å². The molecule has 7 nitrogen and oxygen atoms in total. The van der Waals surface area contributed by atoms with E-state index in [2.05, 4.69) is 22.5 Å². The molecule has 0 bridgehead atoms. The highest BCUT2D eigenvalue weighted by Crippen LogP contribution is 2.37. The molecule has 0 spiro atoms. The Morgan fingerprint density at radius 1 is 1.31 bits per heavy atom. The molecular weight excluding hydrogens is 368 g/mol. The number of ether oxygens (including phenoxy) is 1. The Kier molecular flexibility index (Phi) is 5.44. The van der Waals surface area contributed by atoms with Crippen molar-refractivity contribution in [2.24, 2.45) is 13.0 Å². The van der Waals surface area contributed by atoms with E-state index in [4.69, 9.17) is 4.74 Å². The van der Waals surface area contributed by atoms with Gasteiger partial charge in [-0.25, -0.2) is 0 Å². The van der Waals surface area contributed by atoms with Crippen LogP contribution in [0.2, 0.25) is 0 Å². The number of hydrogen-bond donors (Lipinski definition) is 2. The molecular formula is C22H30N4O3. The summed E-state index contributed by atoms with van der Waals surface area (Å²) in [6, 6.07) is 3.72. The minimum atomic E-state index is -0.300. The molecule has 0 aromatic carbocycles. The molecule has 1 saturated carbocycles. The van der Waals surface area contributed by atoms with E-state index in [1.807, 2.05) is 39.2 Å². The van der Waals surface area contributed by atoms with Gasteiger partial charge in [0.15, 0.2) is 0 Å². The molecule has 2 aromatic heterocycles. The van der Waals surface area contributed by atoms with Gasteiger partial charge < -0.3 is 14.6 Å². The third-order valence-corrected chi connectivity index (χ3v) is 6.48. The van der Waals surface area contributed by atoms with Gasteiger partial charge in [0.25, 0.3) is 5.56 Å². The number of amides is 1. The Labute approximate surface area is 170 Å². The lowest BCUT2D eigenvalue weighted by atomic mass is 9.74. The second kappa shape index (κ2) is 7.88. The monoisotopic (exact) mass is 398 g/mol. The first kappa shape index (κ1) is 20.0. The molecule has 7 heteroatoms. The van der Waals surface area contributed by atoms with Crippen LogP contribution in [0.25, 0.3) is 10.9 Å². The lowest BCUT2D eigenvalue weighted by Gasteiger charge is -2.35. The Hall–Kier alpha value is -2.25. The summed E-state index contributed by atoms with van der Waals surface area (Å²) >= 11 is 0. The lowest BCUT2D eigenvalue weighted by Crippen LogP contribution is -2.49. The summed E-state index contributed by atoms with van der Waals surface area (Å²) in [4.78, 5) is 30.1. The topological polar surface area (TPSA) is 85.2 Å². The molecule has 1 aliphatic carbocycles. The van der Waals surface area contributed by atoms with Crippen LogP contribution in [0.4, 0.5) is 0 Å². The third kappa shape index (κ3) is 3.94. The second-order valence-electron chi connectivity index (χ2n) is 8.65. The first-order chi connectivity index (χ1) is 13.8. The van der Waals surface area contributed by atoms with Crippen LogP contribution in [0.5, 0.6) is 0 Å². The van der Waals surface area contributed by atoms with E-state index in [-0.39, 0.29) is 35.7 Å². The predicted octanol–water partition coefficient (Wildman–Crippen LogP) is 1.96. The SMILES string of the molecule is Cc1cc2c(cn1)cc(C1CC(NC(=O)C3COC(C)N3)CCC1C)c(=O)n2C. The zero-order valence-electron chi connectivity index (χ0n) is 17.6. The Bertz CT molecular complexity index is 986. The predicted molar refractivity (Wildman–Crippen MR) is 112 cm³/mol. The van der Waals surface area contributed by atoms with Crippen LogP contribution in [0, 0.1) is 12.8 Å². The number of aromatic nitrogens is 2. The summed E-state index contributed by atoms with van der Waals surface area (Å²) in [6.45, 7) is 6.43. The van der Waals surface area contributed by atoms with Gasteiger partial charge in [-0.15, -0.1) is 0 Å². The van der Waals surface area contributed by atoms with E-state index in [0.717, 1.165) is 41.4 Å². The molecule has 29 heavy (non-hydrogen) atoms. The number of nitrogens with zero attached hydrogens (tertiary/aromatic N) is 2. The standard InChI is InChI=1S/C22H30N4O3/c1-12-5-6-16(25-21(27)19-11-29-14(3)24-19)9-17(12)18-8-15-10-23-13(2)7-20(15)26(4)22(18)28/h7-8,10,12,14,16-17,19,24H,5-6,9,11H2,1-4H3,(H,25,27). The molecule has 2 fully saturated rings. The van der Waals surface area contributed by atoms with Crippen molar-refractivity contribution >= 4 is 16.8 Å². The van der Waals surface area contributed by atoms with Crippen LogP contribution in [0.1, 0.15) is 50.3 Å². The van der Waals surface area contributed by atoms with Crippen LogP contribution < -0.4 is 16.2 Å². The van der Waals surface area contributed by atoms with Crippen molar-refractivity contribution in [3.05, 3.63) is 39.9 Å². The largest absolute Gasteiger partial charge is 0.361 e. The molecule has 0 radical (unpaired) electrons. The van der Waals surface area contributed by atoms with E-state index < -0.39 is 0 Å². The van der Waals surface area contributed by atoms with Gasteiger partial charge in [-0.2, -0.15) is 0 Å². The quantitative estimate of drug-likeness (QED) is 0.826. The molecule has 5 unspecified atom stereocenters. The molecule has 2 aromatic rings. The molecule has 3 heterocycles. The normalized spacial score (nSPS) is 29.9. The van der Waals surface area contributed by atoms with Crippen molar-refractivity contribution in [2.45, 2.75) is 64.3 Å². The number of nitrogens with one attached hydrogen (secondary N) is 2. The fourth-order valence-electron chi connectivity index (χ4n) is 4.72. The molecule has 1 amide bonds. The lowest BCUT2D eigenvalue weighted by molar-refractivity contribution is -0.123. The Morgan fingerprint density at radius 3 is 2.83 bits per heavy atom. The van der Waals surface area contributed by atoms with Crippen molar-refractivity contribution in [3.8, 4) is 0 Å². The van der Waals surface area contributed by atoms with Crippen LogP contribution in [-0.2, 0) is 16.6 Å². The average Bonchev–Trinajstić information content (AvgIpc) is 3.13. The maximum atomic E-state index is 13.1. The summed E-state index contributed by atoms with van der Waals surface area (Å²) < 4.78 is 7.17. The van der Waals surface area contributed by atoms with E-state index in [1.165, 1.54) is 0 Å². The molecule has 4 rings (SSSR count). The average molecular weight is 399 g/mol. The maximum Gasteiger partial charge on any atom is 0.254 e. The Morgan fingerprint density at radius 2 is 2.10 bits per heavy atom. The number of aryl methyl sites for hydroxylation is 2. The zero-order chi connectivity index (χ0) is 20.7. The van der Waals surface area contributed by atoms with Crippen molar-refractivity contribution in [1.82, 2.24) is 20.2 Å². The summed E-state index contributed by atoms with van der Waals surface area (Å²) in [5.41, 5.74) is 2.67. The van der Waals surface area contributed by atoms with Gasteiger partial charge in [0, 0.05) is 35.9 Å². The highest BCUT2D eigenvalue weighted by molar-refractivity contribution is 5.82. The van der Waals surface area contributed by atoms with Gasteiger partial charge in [0.1, 0.15) is 12.3 Å². The van der Waals surface area contributed by atoms with Crippen molar-refractivity contribution in [2.75, 3.05) is 6.61 Å². The molecule has 5 atom stereocenters. The minimum Gasteiger partial charge on any atom is -0.361 e. The van der Waals surface area contributed by atoms with Gasteiger partial charge >= 0.3 is 0 Å². The zero-order valence-corrected chi connectivity index (χ0v) is 17.6. The highest BCUT2D eigenvalue weighted by Gasteiger charge is 2.34. The van der Waals surface area contributed by atoms with E-state index in [0.29, 0.717) is 12.5 Å². The first-order valence-corrected chi connectivity index (χ1v) is 10.5. The van der Waals surface area contributed by atoms with Gasteiger partial charge in [-0.1, -0.05) is 6.92 Å². The fourth-order valence-corrected chi connectivity index (χ4v) is 4.72. The molecule has 2 aliphatic rings. The summed E-state index contributed by atoms with van der Waals surface area (Å²) in [6.07, 6.45) is 4.43. The van der Waals surface area contributed by atoms with Crippen LogP contribution in [0.15, 0.2) is 23.1 Å². The van der Waals surface area contributed by atoms with Crippen LogP contribution in [0.3, 0.4) is 0 Å². The summed E-state index contributed by atoms with van der Waals surface area (Å²) in [7, 11) is 1.83. The minimum absolute atomic E-state index is 0.0151. The Balaban J connectivity index is 1.57. The van der Waals surface area contributed by atoms with Gasteiger partial charge in [-0.05, 0) is 57.1 Å². The van der Waals surface area contributed by atoms with Crippen molar-refractivity contribution in [1.29, 1.82) is 0 Å². The number of pyridine rings is 2. The molecule has 1 aliphatic heterocycles. The number of hydrogen-bond acceptors (Lipinski definition) is 5. The molecule has 2 N–H and O–H groups in total.